The van der Waals surface area contributed by atoms with Gasteiger partial charge in [-0.25, -0.2) is 0 Å². The van der Waals surface area contributed by atoms with Crippen LogP contribution in [0.4, 0.5) is 5.69 Å². The van der Waals surface area contributed by atoms with Crippen LogP contribution in [0, 0.1) is 0 Å². The van der Waals surface area contributed by atoms with Gasteiger partial charge in [-0.2, -0.15) is 0 Å². The van der Waals surface area contributed by atoms with E-state index in [0.717, 1.165) is 254 Å². The number of fused-ring (bicyclic) bond motifs is 1. The normalized spacial score (nSPS) is 24.4. The molecule has 0 aromatic carbocycles. The topological polar surface area (TPSA) is 264 Å². The van der Waals surface area contributed by atoms with Crippen LogP contribution in [-0.4, -0.2) is 448 Å². The minimum atomic E-state index is 0.171. The molecule has 16 fully saturated rings. The SMILES string of the molecule is CC(=O)N1C2CNC1C2.CC(=O)N1CC(N2CCN(C)CC2)C1.CC(=O)N1CC(N2CCOCC2)C1.CC(=O)N1CCC(N2CCCC2)CC1.CC(=O)N1CCC(N2CCCCC2)CC1.CC(=O)N1CCC(N2CCOCC2)CC1.CC(=O)N1CCCNCC1.CC(=O)N1CCN(c2ccncc2)CC1.CCN(C)C1CN(C(C)=O)C1. The number of amides is 9. The Bertz CT molecular complexity index is 3020. The largest absolute Gasteiger partial charge is 0.379 e. The number of likely N-dealkylation sites (N-methyl/N-ethyl adjacent to an activating group) is 2. The van der Waals surface area contributed by atoms with E-state index < -0.39 is 0 Å². The number of hydrogen-bond acceptors (Lipinski definition) is 22. The fourth-order valence-electron chi connectivity index (χ4n) is 17.9. The van der Waals surface area contributed by atoms with Crippen LogP contribution in [0.25, 0.3) is 0 Å². The lowest BCUT2D eigenvalue weighted by Gasteiger charge is -2.47. The number of nitrogens with one attached hydrogen (secondary N) is 2. The van der Waals surface area contributed by atoms with E-state index in [0.29, 0.717) is 36.4 Å². The molecule has 116 heavy (non-hydrogen) atoms. The summed E-state index contributed by atoms with van der Waals surface area (Å²) >= 11 is 0. The zero-order valence-corrected chi connectivity index (χ0v) is 73.5. The molecular weight excluding hydrogens is 1480 g/mol. The first-order valence-electron chi connectivity index (χ1n) is 44.4. The first kappa shape index (κ1) is 95.2. The Balaban J connectivity index is 0.000000164. The number of hydrogen-bond donors (Lipinski definition) is 2. The summed E-state index contributed by atoms with van der Waals surface area (Å²) in [6.45, 7) is 54.9. The molecule has 658 valence electrons. The fraction of sp³-hybridized carbons (Fsp3) is 0.835. The maximum Gasteiger partial charge on any atom is 0.220 e. The number of anilines is 1. The second-order valence-corrected chi connectivity index (χ2v) is 34.0. The lowest BCUT2D eigenvalue weighted by molar-refractivity contribution is -0.138. The Hall–Kier alpha value is -6.26. The molecule has 31 nitrogen and oxygen atoms in total. The van der Waals surface area contributed by atoms with Crippen molar-refractivity contribution < 1.29 is 52.6 Å². The minimum Gasteiger partial charge on any atom is -0.379 e. The third kappa shape index (κ3) is 31.1. The van der Waals surface area contributed by atoms with Crippen LogP contribution in [-0.2, 0) is 52.6 Å². The van der Waals surface area contributed by atoms with E-state index in [-0.39, 0.29) is 53.2 Å². The van der Waals surface area contributed by atoms with Gasteiger partial charge in [0.25, 0.3) is 0 Å². The molecular formula is C85H152N20O11. The molecule has 0 aliphatic carbocycles. The summed E-state index contributed by atoms with van der Waals surface area (Å²) in [4.78, 5) is 140. The molecule has 0 saturated carbocycles. The number of carbonyl (C=O) groups excluding carboxylic acids is 9. The van der Waals surface area contributed by atoms with E-state index >= 15 is 0 Å². The highest BCUT2D eigenvalue weighted by Gasteiger charge is 2.46. The Morgan fingerprint density at radius 2 is 0.741 bits per heavy atom. The second kappa shape index (κ2) is 50.1. The van der Waals surface area contributed by atoms with Crippen molar-refractivity contribution in [2.75, 3.05) is 268 Å². The van der Waals surface area contributed by atoms with E-state index in [9.17, 15) is 43.2 Å². The van der Waals surface area contributed by atoms with Crippen molar-refractivity contribution in [3.63, 3.8) is 0 Å². The van der Waals surface area contributed by atoms with Gasteiger partial charge in [0, 0.05) is 312 Å². The molecule has 9 amide bonds. The van der Waals surface area contributed by atoms with Crippen LogP contribution < -0.4 is 15.5 Å². The zero-order chi connectivity index (χ0) is 83.6. The van der Waals surface area contributed by atoms with Gasteiger partial charge >= 0.3 is 0 Å². The monoisotopic (exact) mass is 1630 g/mol. The molecule has 2 atom stereocenters. The summed E-state index contributed by atoms with van der Waals surface area (Å²) in [5.74, 6) is 1.90. The van der Waals surface area contributed by atoms with Crippen LogP contribution >= 0.6 is 0 Å². The molecule has 16 aliphatic heterocycles. The summed E-state index contributed by atoms with van der Waals surface area (Å²) in [5, 5.41) is 6.47. The molecule has 31 heteroatoms. The number of ether oxygens (including phenoxy) is 2. The van der Waals surface area contributed by atoms with Gasteiger partial charge in [-0.1, -0.05) is 13.3 Å². The third-order valence-electron chi connectivity index (χ3n) is 26.2. The van der Waals surface area contributed by atoms with Gasteiger partial charge in [0.15, 0.2) is 0 Å². The molecule has 1 aromatic heterocycles. The molecule has 16 aliphatic rings. The number of piperazine rings is 2. The Kier molecular flexibility index (Phi) is 41.1. The van der Waals surface area contributed by atoms with E-state index in [1.54, 1.807) is 74.7 Å². The fourth-order valence-corrected chi connectivity index (χ4v) is 17.9. The highest BCUT2D eigenvalue weighted by atomic mass is 16.5. The summed E-state index contributed by atoms with van der Waals surface area (Å²) in [6.07, 6.45) is 20.1. The standard InChI is InChI=1S/C12H22N2O.C11H15N3O.C11H20N2O2.C11H20N2O.C10H19N3O.C9H16N2O2.C8H16N2O.C7H14N2O.C6H10N2O/c1-11(15)13-9-5-12(6-10-13)14-7-3-2-4-8-14;1-10(15)13-6-8-14(9-7-13)11-2-4-12-5-3-11;1-10(14)12-4-2-11(3-5-12)13-6-8-15-9-7-13;1-10(14)12-8-4-11(5-9-12)13-6-2-3-7-13;1-9(14)13-7-10(8-13)12-5-3-11(2)4-6-12;1-8(12)11-6-9(7-11)10-2-4-13-5-3-10;1-4-9(3)8-5-10(6-8)7(2)11;1-7(10)9-5-2-3-8-4-6-9;1-4(9)8-5-2-6(8)7-3-5/h12H,2-10H2,1H3;2-5H,6-9H2,1H3;11H,2-9H2,1H3;11H,2-9H2,1H3;10H,3-8H2,1-2H3;9H,2-7H2,1H3;8H,4-6H2,1-3H3;8H,2-6H2,1H3;5-7H,2-3H2,1H3. The van der Waals surface area contributed by atoms with Crippen molar-refractivity contribution in [2.45, 2.75) is 201 Å². The van der Waals surface area contributed by atoms with Gasteiger partial charge in [0.1, 0.15) is 0 Å². The maximum atomic E-state index is 11.2. The lowest BCUT2D eigenvalue weighted by Crippen LogP contribution is -2.63. The van der Waals surface area contributed by atoms with Gasteiger partial charge in [-0.05, 0) is 136 Å². The molecule has 0 spiro atoms. The maximum absolute atomic E-state index is 11.2. The molecule has 16 saturated heterocycles. The number of rotatable bonds is 8. The molecule has 2 bridgehead atoms. The predicted molar refractivity (Wildman–Crippen MR) is 454 cm³/mol. The van der Waals surface area contributed by atoms with Crippen molar-refractivity contribution in [3.05, 3.63) is 24.5 Å². The number of piperidine rings is 4. The Morgan fingerprint density at radius 1 is 0.379 bits per heavy atom. The van der Waals surface area contributed by atoms with Gasteiger partial charge in [-0.3, -0.25) is 68.2 Å². The quantitative estimate of drug-likeness (QED) is 0.378. The van der Waals surface area contributed by atoms with Crippen LogP contribution in [0.2, 0.25) is 0 Å². The lowest BCUT2D eigenvalue weighted by atomic mass is 10.00. The van der Waals surface area contributed by atoms with Crippen molar-refractivity contribution in [2.24, 2.45) is 0 Å². The second-order valence-electron chi connectivity index (χ2n) is 34.0. The van der Waals surface area contributed by atoms with Gasteiger partial charge in [-0.15, -0.1) is 0 Å². The smallest absolute Gasteiger partial charge is 0.220 e. The molecule has 0 radical (unpaired) electrons. The Morgan fingerprint density at radius 3 is 1.10 bits per heavy atom. The van der Waals surface area contributed by atoms with Crippen molar-refractivity contribution in [3.8, 4) is 0 Å². The number of pyridine rings is 1. The molecule has 17 rings (SSSR count). The van der Waals surface area contributed by atoms with Gasteiger partial charge < -0.3 is 83.4 Å². The van der Waals surface area contributed by atoms with Crippen LogP contribution in [0.5, 0.6) is 0 Å². The van der Waals surface area contributed by atoms with E-state index in [4.69, 9.17) is 9.47 Å². The average molecular weight is 1630 g/mol. The van der Waals surface area contributed by atoms with Gasteiger partial charge in [0.2, 0.25) is 53.2 Å². The van der Waals surface area contributed by atoms with Crippen LogP contribution in [0.15, 0.2) is 24.5 Å². The first-order chi connectivity index (χ1) is 55.8. The first-order valence-corrected chi connectivity index (χ1v) is 44.4. The molecule has 17 heterocycles. The van der Waals surface area contributed by atoms with Crippen LogP contribution in [0.3, 0.4) is 0 Å². The van der Waals surface area contributed by atoms with Crippen molar-refractivity contribution >= 4 is 58.9 Å². The highest BCUT2D eigenvalue weighted by molar-refractivity contribution is 5.77. The zero-order valence-electron chi connectivity index (χ0n) is 73.5. The highest BCUT2D eigenvalue weighted by Crippen LogP contribution is 2.30. The summed E-state index contributed by atoms with van der Waals surface area (Å²) in [7, 11) is 4.27. The number of aromatic nitrogens is 1. The molecule has 1 aromatic rings. The number of morpholine rings is 2. The Labute approximate surface area is 696 Å². The average Bonchev–Trinajstić information content (AvgIpc) is 1.60. The van der Waals surface area contributed by atoms with Crippen molar-refractivity contribution in [1.82, 2.24) is 94.0 Å². The minimum absolute atomic E-state index is 0.171. The van der Waals surface area contributed by atoms with E-state index in [2.05, 4.69) is 75.8 Å². The number of likely N-dealkylation sites (tertiary alicyclic amines) is 8. The number of nitrogens with zero attached hydrogens (tertiary/aromatic N) is 18. The van der Waals surface area contributed by atoms with E-state index in [1.807, 2.05) is 56.2 Å². The van der Waals surface area contributed by atoms with Crippen LogP contribution in [0.1, 0.15) is 153 Å². The van der Waals surface area contributed by atoms with E-state index in [1.165, 1.54) is 96.1 Å². The predicted octanol–water partition coefficient (Wildman–Crippen LogP) is 2.20. The van der Waals surface area contributed by atoms with Gasteiger partial charge in [0.05, 0.1) is 32.6 Å². The summed E-state index contributed by atoms with van der Waals surface area (Å²) in [5.41, 5.74) is 1.19. The molecule has 2 N–H and O–H groups in total. The van der Waals surface area contributed by atoms with Crippen molar-refractivity contribution in [1.29, 1.82) is 0 Å². The number of carbonyl (C=O) groups is 9. The summed E-state index contributed by atoms with van der Waals surface area (Å²) in [6, 6.07) is 8.53. The summed E-state index contributed by atoms with van der Waals surface area (Å²) < 4.78 is 10.6. The third-order valence-corrected chi connectivity index (χ3v) is 26.2. The molecule has 2 unspecified atom stereocenters.